The van der Waals surface area contributed by atoms with Gasteiger partial charge in [-0.1, -0.05) is 0 Å². The Balaban J connectivity index is 1.43. The normalized spacial score (nSPS) is 32.5. The van der Waals surface area contributed by atoms with Crippen LogP contribution in [0.5, 0.6) is 0 Å². The van der Waals surface area contributed by atoms with E-state index in [-0.39, 0.29) is 0 Å². The van der Waals surface area contributed by atoms with Crippen molar-refractivity contribution in [2.24, 2.45) is 5.92 Å². The Kier molecular flexibility index (Phi) is 3.69. The van der Waals surface area contributed by atoms with Crippen LogP contribution in [-0.2, 0) is 0 Å². The van der Waals surface area contributed by atoms with Gasteiger partial charge in [-0.25, -0.2) is 0 Å². The van der Waals surface area contributed by atoms with Gasteiger partial charge in [0.05, 0.1) is 0 Å². The van der Waals surface area contributed by atoms with E-state index in [9.17, 15) is 0 Å². The average molecular weight is 237 g/mol. The molecule has 1 atom stereocenters. The first-order chi connectivity index (χ1) is 8.33. The maximum atomic E-state index is 3.46. The summed E-state index contributed by atoms with van der Waals surface area (Å²) in [4.78, 5) is 5.38. The van der Waals surface area contributed by atoms with Gasteiger partial charge in [0, 0.05) is 31.7 Å². The van der Waals surface area contributed by atoms with Crippen LogP contribution in [0.4, 0.5) is 0 Å². The second-order valence-electron chi connectivity index (χ2n) is 6.30. The van der Waals surface area contributed by atoms with Gasteiger partial charge in [0.2, 0.25) is 0 Å². The highest BCUT2D eigenvalue weighted by molar-refractivity contribution is 4.92. The molecule has 0 spiro atoms. The SMILES string of the molecule is CN(CC1CCNCC1)C1CCN(C2CC2)C1. The molecule has 3 rings (SSSR count). The van der Waals surface area contributed by atoms with E-state index in [4.69, 9.17) is 0 Å². The molecule has 0 bridgehead atoms. The number of hydrogen-bond donors (Lipinski definition) is 1. The summed E-state index contributed by atoms with van der Waals surface area (Å²) in [6, 6.07) is 1.80. The number of likely N-dealkylation sites (N-methyl/N-ethyl adjacent to an activating group) is 1. The number of nitrogens with zero attached hydrogens (tertiary/aromatic N) is 2. The molecule has 17 heavy (non-hydrogen) atoms. The first-order valence-electron chi connectivity index (χ1n) is 7.48. The maximum absolute atomic E-state index is 3.46. The second-order valence-corrected chi connectivity index (χ2v) is 6.30. The van der Waals surface area contributed by atoms with Crippen LogP contribution in [0.2, 0.25) is 0 Å². The highest BCUT2D eigenvalue weighted by atomic mass is 15.3. The summed E-state index contributed by atoms with van der Waals surface area (Å²) in [6.07, 6.45) is 7.08. The third-order valence-electron chi connectivity index (χ3n) is 4.89. The van der Waals surface area contributed by atoms with E-state index in [1.165, 1.54) is 64.8 Å². The van der Waals surface area contributed by atoms with E-state index >= 15 is 0 Å². The molecule has 1 N–H and O–H groups in total. The molecule has 3 fully saturated rings. The van der Waals surface area contributed by atoms with E-state index in [1.54, 1.807) is 0 Å². The second kappa shape index (κ2) is 5.25. The molecule has 1 saturated carbocycles. The molecular formula is C14H27N3. The average Bonchev–Trinajstić information content (AvgIpc) is 3.08. The fourth-order valence-electron chi connectivity index (χ4n) is 3.52. The van der Waals surface area contributed by atoms with E-state index in [1.807, 2.05) is 0 Å². The van der Waals surface area contributed by atoms with Crippen LogP contribution < -0.4 is 5.32 Å². The van der Waals surface area contributed by atoms with Crippen molar-refractivity contribution in [1.82, 2.24) is 15.1 Å². The van der Waals surface area contributed by atoms with Crippen molar-refractivity contribution in [2.45, 2.75) is 44.2 Å². The lowest BCUT2D eigenvalue weighted by atomic mass is 9.97. The molecule has 1 aliphatic carbocycles. The minimum atomic E-state index is 0.838. The van der Waals surface area contributed by atoms with Gasteiger partial charge in [-0.05, 0) is 58.2 Å². The molecule has 2 saturated heterocycles. The Labute approximate surface area is 106 Å². The molecule has 0 aromatic rings. The van der Waals surface area contributed by atoms with Crippen LogP contribution in [0.15, 0.2) is 0 Å². The summed E-state index contributed by atoms with van der Waals surface area (Å²) >= 11 is 0. The summed E-state index contributed by atoms with van der Waals surface area (Å²) < 4.78 is 0. The summed E-state index contributed by atoms with van der Waals surface area (Å²) in [7, 11) is 2.35. The summed E-state index contributed by atoms with van der Waals surface area (Å²) in [5.41, 5.74) is 0. The molecule has 0 amide bonds. The fourth-order valence-corrected chi connectivity index (χ4v) is 3.52. The third-order valence-corrected chi connectivity index (χ3v) is 4.89. The Morgan fingerprint density at radius 3 is 2.59 bits per heavy atom. The van der Waals surface area contributed by atoms with Crippen LogP contribution in [0.1, 0.15) is 32.1 Å². The minimum absolute atomic E-state index is 0.838. The van der Waals surface area contributed by atoms with Crippen molar-refractivity contribution in [3.8, 4) is 0 Å². The van der Waals surface area contributed by atoms with Crippen LogP contribution >= 0.6 is 0 Å². The first kappa shape index (κ1) is 11.9. The zero-order chi connectivity index (χ0) is 11.7. The molecule has 2 aliphatic heterocycles. The van der Waals surface area contributed by atoms with Crippen LogP contribution in [0.3, 0.4) is 0 Å². The standard InChI is InChI=1S/C14H27N3/c1-16(10-12-4-7-15-8-5-12)14-6-9-17(11-14)13-2-3-13/h12-15H,2-11H2,1H3. The molecule has 2 heterocycles. The van der Waals surface area contributed by atoms with Gasteiger partial charge in [0.25, 0.3) is 0 Å². The number of likely N-dealkylation sites (tertiary alicyclic amines) is 1. The number of hydrogen-bond acceptors (Lipinski definition) is 3. The van der Waals surface area contributed by atoms with Gasteiger partial charge in [0.15, 0.2) is 0 Å². The number of nitrogens with one attached hydrogen (secondary N) is 1. The highest BCUT2D eigenvalue weighted by Crippen LogP contribution is 2.31. The van der Waals surface area contributed by atoms with Crippen molar-refractivity contribution < 1.29 is 0 Å². The van der Waals surface area contributed by atoms with Gasteiger partial charge in [-0.15, -0.1) is 0 Å². The zero-order valence-corrected chi connectivity index (χ0v) is 11.2. The third kappa shape index (κ3) is 3.01. The van der Waals surface area contributed by atoms with Crippen molar-refractivity contribution in [2.75, 3.05) is 39.8 Å². The van der Waals surface area contributed by atoms with Crippen LogP contribution in [-0.4, -0.2) is 61.7 Å². The van der Waals surface area contributed by atoms with E-state index in [0.29, 0.717) is 0 Å². The minimum Gasteiger partial charge on any atom is -0.317 e. The Morgan fingerprint density at radius 2 is 1.88 bits per heavy atom. The maximum Gasteiger partial charge on any atom is 0.0232 e. The Hall–Kier alpha value is -0.120. The molecule has 3 aliphatic rings. The molecule has 0 aromatic heterocycles. The lowest BCUT2D eigenvalue weighted by Gasteiger charge is -2.31. The smallest absolute Gasteiger partial charge is 0.0232 e. The van der Waals surface area contributed by atoms with Gasteiger partial charge in [-0.3, -0.25) is 4.90 Å². The van der Waals surface area contributed by atoms with Crippen molar-refractivity contribution >= 4 is 0 Å². The van der Waals surface area contributed by atoms with Crippen molar-refractivity contribution in [1.29, 1.82) is 0 Å². The topological polar surface area (TPSA) is 18.5 Å². The fraction of sp³-hybridized carbons (Fsp3) is 1.00. The summed E-state index contributed by atoms with van der Waals surface area (Å²) in [5, 5.41) is 3.46. The van der Waals surface area contributed by atoms with E-state index in [0.717, 1.165) is 18.0 Å². The van der Waals surface area contributed by atoms with E-state index < -0.39 is 0 Å². The Bertz CT molecular complexity index is 246. The van der Waals surface area contributed by atoms with Crippen molar-refractivity contribution in [3.05, 3.63) is 0 Å². The van der Waals surface area contributed by atoms with Gasteiger partial charge >= 0.3 is 0 Å². The highest BCUT2D eigenvalue weighted by Gasteiger charge is 2.35. The molecule has 98 valence electrons. The lowest BCUT2D eigenvalue weighted by molar-refractivity contribution is 0.182. The monoisotopic (exact) mass is 237 g/mol. The van der Waals surface area contributed by atoms with Crippen LogP contribution in [0, 0.1) is 5.92 Å². The quantitative estimate of drug-likeness (QED) is 0.791. The van der Waals surface area contributed by atoms with Crippen molar-refractivity contribution in [3.63, 3.8) is 0 Å². The predicted molar refractivity (Wildman–Crippen MR) is 71.2 cm³/mol. The number of rotatable bonds is 4. The van der Waals surface area contributed by atoms with E-state index in [2.05, 4.69) is 22.2 Å². The molecule has 3 heteroatoms. The Morgan fingerprint density at radius 1 is 1.12 bits per heavy atom. The molecule has 3 nitrogen and oxygen atoms in total. The first-order valence-corrected chi connectivity index (χ1v) is 7.48. The largest absolute Gasteiger partial charge is 0.317 e. The molecular weight excluding hydrogens is 210 g/mol. The summed E-state index contributed by atoms with van der Waals surface area (Å²) in [5.74, 6) is 0.941. The number of piperidine rings is 1. The lowest BCUT2D eigenvalue weighted by Crippen LogP contribution is -2.40. The van der Waals surface area contributed by atoms with Gasteiger partial charge in [-0.2, -0.15) is 0 Å². The summed E-state index contributed by atoms with van der Waals surface area (Å²) in [6.45, 7) is 6.48. The predicted octanol–water partition coefficient (Wildman–Crippen LogP) is 1.15. The van der Waals surface area contributed by atoms with Gasteiger partial charge in [0.1, 0.15) is 0 Å². The molecule has 0 radical (unpaired) electrons. The zero-order valence-electron chi connectivity index (χ0n) is 11.2. The molecule has 0 aromatic carbocycles. The molecule has 1 unspecified atom stereocenters. The van der Waals surface area contributed by atoms with Crippen LogP contribution in [0.25, 0.3) is 0 Å². The van der Waals surface area contributed by atoms with Gasteiger partial charge < -0.3 is 10.2 Å².